The first-order valence-electron chi connectivity index (χ1n) is 5.65. The molecule has 0 fully saturated rings. The molecular formula is C12H20BrNO2. The fourth-order valence-corrected chi connectivity index (χ4v) is 1.98. The van der Waals surface area contributed by atoms with E-state index in [4.69, 9.17) is 4.42 Å². The number of nitrogens with one attached hydrogen (secondary N) is 1. The van der Waals surface area contributed by atoms with Crippen LogP contribution in [0.2, 0.25) is 0 Å². The normalized spacial score (nSPS) is 17.1. The van der Waals surface area contributed by atoms with Crippen molar-refractivity contribution in [3.63, 3.8) is 0 Å². The van der Waals surface area contributed by atoms with E-state index in [0.717, 1.165) is 23.3 Å². The second-order valence-corrected chi connectivity index (χ2v) is 5.27. The molecule has 92 valence electrons. The SMILES string of the molecule is CCCC(C)(O)CNC(C)c1ccc(Br)o1. The maximum Gasteiger partial charge on any atom is 0.169 e. The molecule has 0 amide bonds. The molecule has 0 bridgehead atoms. The van der Waals surface area contributed by atoms with Gasteiger partial charge in [-0.1, -0.05) is 13.3 Å². The van der Waals surface area contributed by atoms with Gasteiger partial charge in [-0.2, -0.15) is 0 Å². The molecule has 2 atom stereocenters. The van der Waals surface area contributed by atoms with Gasteiger partial charge in [0.05, 0.1) is 11.6 Å². The van der Waals surface area contributed by atoms with Crippen molar-refractivity contribution in [1.82, 2.24) is 5.32 Å². The Morgan fingerprint density at radius 2 is 2.25 bits per heavy atom. The summed E-state index contributed by atoms with van der Waals surface area (Å²) in [7, 11) is 0. The van der Waals surface area contributed by atoms with E-state index in [1.807, 2.05) is 26.0 Å². The predicted molar refractivity (Wildman–Crippen MR) is 68.4 cm³/mol. The van der Waals surface area contributed by atoms with Gasteiger partial charge in [0.25, 0.3) is 0 Å². The molecule has 0 aromatic carbocycles. The van der Waals surface area contributed by atoms with Crippen LogP contribution in [0.25, 0.3) is 0 Å². The second-order valence-electron chi connectivity index (χ2n) is 4.49. The van der Waals surface area contributed by atoms with Crippen molar-refractivity contribution in [2.45, 2.75) is 45.3 Å². The maximum absolute atomic E-state index is 10.0. The molecule has 16 heavy (non-hydrogen) atoms. The van der Waals surface area contributed by atoms with Crippen molar-refractivity contribution >= 4 is 15.9 Å². The Balaban J connectivity index is 2.43. The fraction of sp³-hybridized carbons (Fsp3) is 0.667. The predicted octanol–water partition coefficient (Wildman–Crippen LogP) is 3.24. The van der Waals surface area contributed by atoms with Gasteiger partial charge in [0.2, 0.25) is 0 Å². The van der Waals surface area contributed by atoms with E-state index in [-0.39, 0.29) is 6.04 Å². The van der Waals surface area contributed by atoms with E-state index in [9.17, 15) is 5.11 Å². The van der Waals surface area contributed by atoms with Crippen molar-refractivity contribution < 1.29 is 9.52 Å². The molecule has 1 aromatic rings. The molecule has 0 saturated heterocycles. The standard InChI is InChI=1S/C12H20BrNO2/c1-4-7-12(3,15)8-14-9(2)10-5-6-11(13)16-10/h5-6,9,14-15H,4,7-8H2,1-3H3. The highest BCUT2D eigenvalue weighted by atomic mass is 79.9. The highest BCUT2D eigenvalue weighted by Gasteiger charge is 2.20. The van der Waals surface area contributed by atoms with Crippen LogP contribution in [0.5, 0.6) is 0 Å². The smallest absolute Gasteiger partial charge is 0.169 e. The highest BCUT2D eigenvalue weighted by Crippen LogP contribution is 2.21. The van der Waals surface area contributed by atoms with Crippen molar-refractivity contribution in [2.24, 2.45) is 0 Å². The number of furan rings is 1. The zero-order chi connectivity index (χ0) is 12.2. The first-order valence-corrected chi connectivity index (χ1v) is 6.45. The van der Waals surface area contributed by atoms with Crippen molar-refractivity contribution in [3.8, 4) is 0 Å². The minimum Gasteiger partial charge on any atom is -0.453 e. The summed E-state index contributed by atoms with van der Waals surface area (Å²) in [5.74, 6) is 0.874. The molecule has 0 radical (unpaired) electrons. The first kappa shape index (κ1) is 13.7. The Morgan fingerprint density at radius 3 is 2.75 bits per heavy atom. The lowest BCUT2D eigenvalue weighted by molar-refractivity contribution is 0.0470. The number of aliphatic hydroxyl groups is 1. The van der Waals surface area contributed by atoms with E-state index in [0.29, 0.717) is 6.54 Å². The maximum atomic E-state index is 10.0. The van der Waals surface area contributed by atoms with E-state index < -0.39 is 5.60 Å². The Bertz CT molecular complexity index is 323. The summed E-state index contributed by atoms with van der Waals surface area (Å²) in [6.07, 6.45) is 1.78. The Morgan fingerprint density at radius 1 is 1.56 bits per heavy atom. The third-order valence-electron chi connectivity index (χ3n) is 2.60. The molecule has 0 aliphatic carbocycles. The summed E-state index contributed by atoms with van der Waals surface area (Å²) in [4.78, 5) is 0. The van der Waals surface area contributed by atoms with Gasteiger partial charge in [-0.15, -0.1) is 0 Å². The monoisotopic (exact) mass is 289 g/mol. The molecule has 2 N–H and O–H groups in total. The van der Waals surface area contributed by atoms with Gasteiger partial charge in [0.15, 0.2) is 4.67 Å². The summed E-state index contributed by atoms with van der Waals surface area (Å²) in [6, 6.07) is 3.91. The number of halogens is 1. The van der Waals surface area contributed by atoms with E-state index in [2.05, 4.69) is 28.2 Å². The summed E-state index contributed by atoms with van der Waals surface area (Å²) in [6.45, 7) is 6.52. The molecular weight excluding hydrogens is 270 g/mol. The van der Waals surface area contributed by atoms with Crippen molar-refractivity contribution in [2.75, 3.05) is 6.54 Å². The third-order valence-corrected chi connectivity index (χ3v) is 3.02. The number of rotatable bonds is 6. The molecule has 0 saturated carbocycles. The second kappa shape index (κ2) is 5.84. The average Bonchev–Trinajstić information content (AvgIpc) is 2.61. The first-order chi connectivity index (χ1) is 7.44. The summed E-state index contributed by atoms with van der Waals surface area (Å²) >= 11 is 3.27. The molecule has 2 unspecified atom stereocenters. The van der Waals surface area contributed by atoms with Crippen LogP contribution in [-0.2, 0) is 0 Å². The molecule has 1 aromatic heterocycles. The van der Waals surface area contributed by atoms with Gasteiger partial charge in [0, 0.05) is 6.54 Å². The van der Waals surface area contributed by atoms with E-state index in [1.165, 1.54) is 0 Å². The average molecular weight is 290 g/mol. The van der Waals surface area contributed by atoms with E-state index >= 15 is 0 Å². The summed E-state index contributed by atoms with van der Waals surface area (Å²) < 4.78 is 6.18. The Hall–Kier alpha value is -0.320. The number of hydrogen-bond acceptors (Lipinski definition) is 3. The van der Waals surface area contributed by atoms with Crippen LogP contribution in [0.15, 0.2) is 21.2 Å². The Labute approximate surface area is 105 Å². The van der Waals surface area contributed by atoms with Crippen LogP contribution in [0.1, 0.15) is 45.4 Å². The summed E-state index contributed by atoms with van der Waals surface area (Å²) in [5, 5.41) is 13.3. The zero-order valence-electron chi connectivity index (χ0n) is 10.1. The fourth-order valence-electron chi connectivity index (χ4n) is 1.66. The van der Waals surface area contributed by atoms with Crippen LogP contribution < -0.4 is 5.32 Å². The molecule has 4 heteroatoms. The molecule has 0 spiro atoms. The van der Waals surface area contributed by atoms with Gasteiger partial charge in [0.1, 0.15) is 5.76 Å². The molecule has 1 heterocycles. The number of hydrogen-bond donors (Lipinski definition) is 2. The molecule has 1 rings (SSSR count). The van der Waals surface area contributed by atoms with Gasteiger partial charge in [-0.05, 0) is 48.3 Å². The van der Waals surface area contributed by atoms with Crippen LogP contribution in [-0.4, -0.2) is 17.3 Å². The molecule has 3 nitrogen and oxygen atoms in total. The van der Waals surface area contributed by atoms with Crippen molar-refractivity contribution in [1.29, 1.82) is 0 Å². The lowest BCUT2D eigenvalue weighted by Crippen LogP contribution is -2.38. The highest BCUT2D eigenvalue weighted by molar-refractivity contribution is 9.10. The largest absolute Gasteiger partial charge is 0.453 e. The third kappa shape index (κ3) is 4.28. The molecule has 0 aliphatic rings. The van der Waals surface area contributed by atoms with Gasteiger partial charge < -0.3 is 14.8 Å². The van der Waals surface area contributed by atoms with E-state index in [1.54, 1.807) is 0 Å². The van der Waals surface area contributed by atoms with Gasteiger partial charge in [-0.25, -0.2) is 0 Å². The van der Waals surface area contributed by atoms with Crippen LogP contribution in [0.3, 0.4) is 0 Å². The lowest BCUT2D eigenvalue weighted by Gasteiger charge is -2.24. The topological polar surface area (TPSA) is 45.4 Å². The minimum absolute atomic E-state index is 0.106. The quantitative estimate of drug-likeness (QED) is 0.845. The molecule has 0 aliphatic heterocycles. The zero-order valence-corrected chi connectivity index (χ0v) is 11.7. The lowest BCUT2D eigenvalue weighted by atomic mass is 10.0. The van der Waals surface area contributed by atoms with Gasteiger partial charge in [-0.3, -0.25) is 0 Å². The Kier molecular flexibility index (Phi) is 5.02. The van der Waals surface area contributed by atoms with Gasteiger partial charge >= 0.3 is 0 Å². The van der Waals surface area contributed by atoms with Crippen LogP contribution in [0.4, 0.5) is 0 Å². The summed E-state index contributed by atoms with van der Waals surface area (Å²) in [5.41, 5.74) is -0.646. The minimum atomic E-state index is -0.646. The van der Waals surface area contributed by atoms with Crippen molar-refractivity contribution in [3.05, 3.63) is 22.6 Å². The van der Waals surface area contributed by atoms with Crippen LogP contribution >= 0.6 is 15.9 Å². The van der Waals surface area contributed by atoms with Crippen LogP contribution in [0, 0.1) is 0 Å².